The maximum Gasteiger partial charge on any atom is 0.134 e. The second-order valence-corrected chi connectivity index (χ2v) is 4.71. The third-order valence-electron chi connectivity index (χ3n) is 1.91. The van der Waals surface area contributed by atoms with Gasteiger partial charge in [0.15, 0.2) is 0 Å². The minimum absolute atomic E-state index is 0.264. The van der Waals surface area contributed by atoms with Crippen LogP contribution >= 0.6 is 39.1 Å². The molecule has 0 amide bonds. The van der Waals surface area contributed by atoms with Crippen molar-refractivity contribution in [2.45, 2.75) is 6.42 Å². The van der Waals surface area contributed by atoms with E-state index in [0.717, 1.165) is 16.6 Å². The van der Waals surface area contributed by atoms with Crippen molar-refractivity contribution in [1.29, 1.82) is 0 Å². The fourth-order valence-electron chi connectivity index (χ4n) is 1.16. The van der Waals surface area contributed by atoms with Crippen LogP contribution in [-0.4, -0.2) is 13.2 Å². The highest BCUT2D eigenvalue weighted by Crippen LogP contribution is 2.26. The summed E-state index contributed by atoms with van der Waals surface area (Å²) >= 11 is 14.6. The van der Waals surface area contributed by atoms with E-state index in [1.165, 1.54) is 11.1 Å². The van der Waals surface area contributed by atoms with Gasteiger partial charge >= 0.3 is 0 Å². The topological polar surface area (TPSA) is 35.2 Å². The molecule has 0 unspecified atom stereocenters. The average molecular weight is 325 g/mol. The Kier molecular flexibility index (Phi) is 6.21. The van der Waals surface area contributed by atoms with Crippen LogP contribution in [-0.2, 0) is 6.42 Å². The fourth-order valence-corrected chi connectivity index (χ4v) is 1.82. The monoisotopic (exact) mass is 323 g/mol. The van der Waals surface area contributed by atoms with Crippen LogP contribution in [0.25, 0.3) is 0 Å². The van der Waals surface area contributed by atoms with Gasteiger partial charge in [-0.25, -0.2) is 0 Å². The molecule has 0 spiro atoms. The Morgan fingerprint density at radius 2 is 2.25 bits per heavy atom. The number of rotatable bonds is 5. The lowest BCUT2D eigenvalue weighted by atomic mass is 10.1. The number of nitrogens with two attached hydrogens (primary N) is 1. The summed E-state index contributed by atoms with van der Waals surface area (Å²) in [5.41, 5.74) is 7.94. The molecule has 0 aromatic heterocycles. The quantitative estimate of drug-likeness (QED) is 0.897. The van der Waals surface area contributed by atoms with Gasteiger partial charge in [0.25, 0.3) is 0 Å². The highest BCUT2D eigenvalue weighted by atomic mass is 79.9. The third kappa shape index (κ3) is 4.34. The Labute approximate surface area is 113 Å². The van der Waals surface area contributed by atoms with Crippen molar-refractivity contribution in [3.8, 4) is 5.75 Å². The average Bonchev–Trinajstić information content (AvgIpc) is 2.28. The lowest BCUT2D eigenvalue weighted by Crippen LogP contribution is -2.03. The van der Waals surface area contributed by atoms with Gasteiger partial charge in [-0.05, 0) is 46.6 Å². The van der Waals surface area contributed by atoms with Crippen molar-refractivity contribution in [2.75, 3.05) is 13.2 Å². The van der Waals surface area contributed by atoms with Gasteiger partial charge in [0, 0.05) is 5.54 Å². The fraction of sp³-hybridized carbons (Fsp3) is 0.273. The Morgan fingerprint density at radius 3 is 2.81 bits per heavy atom. The first kappa shape index (κ1) is 13.8. The van der Waals surface area contributed by atoms with Crippen LogP contribution in [0.3, 0.4) is 0 Å². The number of benzene rings is 1. The lowest BCUT2D eigenvalue weighted by molar-refractivity contribution is 0.357. The first-order valence-corrected chi connectivity index (χ1v) is 6.34. The molecule has 2 nitrogen and oxygen atoms in total. The van der Waals surface area contributed by atoms with E-state index in [0.29, 0.717) is 11.6 Å². The highest BCUT2D eigenvalue weighted by molar-refractivity contribution is 9.10. The van der Waals surface area contributed by atoms with E-state index in [9.17, 15) is 0 Å². The van der Waals surface area contributed by atoms with E-state index in [4.69, 9.17) is 33.7 Å². The number of halogens is 3. The molecule has 0 radical (unpaired) electrons. The zero-order valence-corrected chi connectivity index (χ0v) is 11.6. The van der Waals surface area contributed by atoms with E-state index in [1.54, 1.807) is 0 Å². The van der Waals surface area contributed by atoms with Crippen LogP contribution < -0.4 is 10.5 Å². The van der Waals surface area contributed by atoms with Gasteiger partial charge in [0.2, 0.25) is 0 Å². The number of hydrogen-bond acceptors (Lipinski definition) is 2. The zero-order valence-electron chi connectivity index (χ0n) is 8.55. The van der Waals surface area contributed by atoms with Crippen LogP contribution in [0.15, 0.2) is 33.2 Å². The maximum absolute atomic E-state index is 5.72. The molecule has 0 saturated carbocycles. The maximum atomic E-state index is 5.72. The third-order valence-corrected chi connectivity index (χ3v) is 3.13. The van der Waals surface area contributed by atoms with Crippen LogP contribution in [0.1, 0.15) is 5.56 Å². The summed E-state index contributed by atoms with van der Waals surface area (Å²) in [5.74, 6) is 0.734. The van der Waals surface area contributed by atoms with E-state index >= 15 is 0 Å². The minimum Gasteiger partial charge on any atom is -0.487 e. The van der Waals surface area contributed by atoms with Crippen molar-refractivity contribution in [3.63, 3.8) is 0 Å². The summed E-state index contributed by atoms with van der Waals surface area (Å²) in [6.07, 6.45) is 0.848. The van der Waals surface area contributed by atoms with Gasteiger partial charge in [-0.2, -0.15) is 0 Å². The minimum atomic E-state index is 0.264. The van der Waals surface area contributed by atoms with Crippen molar-refractivity contribution in [1.82, 2.24) is 0 Å². The molecule has 0 fully saturated rings. The summed E-state index contributed by atoms with van der Waals surface area (Å²) in [6, 6.07) is 5.85. The molecule has 5 heteroatoms. The van der Waals surface area contributed by atoms with E-state index in [2.05, 4.69) is 15.9 Å². The molecule has 0 heterocycles. The highest BCUT2D eigenvalue weighted by Gasteiger charge is 2.03. The van der Waals surface area contributed by atoms with E-state index in [-0.39, 0.29) is 6.61 Å². The van der Waals surface area contributed by atoms with Gasteiger partial charge in [-0.3, -0.25) is 0 Å². The van der Waals surface area contributed by atoms with Crippen molar-refractivity contribution >= 4 is 39.1 Å². The summed E-state index contributed by atoms with van der Waals surface area (Å²) in [4.78, 5) is 0. The first-order chi connectivity index (χ1) is 7.67. The molecule has 0 bridgehead atoms. The van der Waals surface area contributed by atoms with Gasteiger partial charge in [-0.1, -0.05) is 29.3 Å². The SMILES string of the molecule is NCCc1ccc(OCC(Cl)=CCl)c(Br)c1. The molecule has 1 aromatic rings. The molecular formula is C11H12BrCl2NO. The lowest BCUT2D eigenvalue weighted by Gasteiger charge is -2.08. The smallest absolute Gasteiger partial charge is 0.134 e. The van der Waals surface area contributed by atoms with Gasteiger partial charge in [0.05, 0.1) is 9.51 Å². The van der Waals surface area contributed by atoms with Crippen molar-refractivity contribution in [2.24, 2.45) is 5.73 Å². The largest absolute Gasteiger partial charge is 0.487 e. The molecule has 0 aliphatic rings. The van der Waals surface area contributed by atoms with Crippen molar-refractivity contribution < 1.29 is 4.74 Å². The second-order valence-electron chi connectivity index (χ2n) is 3.15. The molecule has 16 heavy (non-hydrogen) atoms. The molecule has 0 aliphatic heterocycles. The molecule has 2 N–H and O–H groups in total. The molecule has 1 aromatic carbocycles. The Morgan fingerprint density at radius 1 is 1.50 bits per heavy atom. The number of ether oxygens (including phenoxy) is 1. The molecule has 88 valence electrons. The Hall–Kier alpha value is -0.220. The van der Waals surface area contributed by atoms with Gasteiger partial charge < -0.3 is 10.5 Å². The second kappa shape index (κ2) is 7.17. The summed E-state index contributed by atoms with van der Waals surface area (Å²) in [5, 5.41) is 0.458. The Balaban J connectivity index is 2.67. The van der Waals surface area contributed by atoms with E-state index < -0.39 is 0 Å². The molecule has 0 saturated heterocycles. The predicted molar refractivity (Wildman–Crippen MR) is 72.2 cm³/mol. The molecule has 0 aliphatic carbocycles. The zero-order chi connectivity index (χ0) is 12.0. The normalized spacial score (nSPS) is 11.6. The summed E-state index contributed by atoms with van der Waals surface area (Å²) in [7, 11) is 0. The first-order valence-electron chi connectivity index (χ1n) is 4.73. The predicted octanol–water partition coefficient (Wildman–Crippen LogP) is 3.65. The van der Waals surface area contributed by atoms with Crippen LogP contribution in [0.5, 0.6) is 5.75 Å². The Bertz CT molecular complexity index is 382. The summed E-state index contributed by atoms with van der Waals surface area (Å²) in [6.45, 7) is 0.896. The van der Waals surface area contributed by atoms with Gasteiger partial charge in [0.1, 0.15) is 12.4 Å². The van der Waals surface area contributed by atoms with Gasteiger partial charge in [-0.15, -0.1) is 0 Å². The molecule has 1 rings (SSSR count). The molecule has 0 atom stereocenters. The van der Waals surface area contributed by atoms with Crippen LogP contribution in [0.4, 0.5) is 0 Å². The van der Waals surface area contributed by atoms with E-state index in [1.807, 2.05) is 18.2 Å². The standard InChI is InChI=1S/C11H12BrCl2NO/c12-10-5-8(3-4-15)1-2-11(10)16-7-9(14)6-13/h1-2,5-6H,3-4,7,15H2. The summed E-state index contributed by atoms with van der Waals surface area (Å²) < 4.78 is 6.35. The number of hydrogen-bond donors (Lipinski definition) is 1. The molecular weight excluding hydrogens is 313 g/mol. The van der Waals surface area contributed by atoms with Crippen LogP contribution in [0, 0.1) is 0 Å². The van der Waals surface area contributed by atoms with Crippen molar-refractivity contribution in [3.05, 3.63) is 38.8 Å². The van der Waals surface area contributed by atoms with Crippen LogP contribution in [0.2, 0.25) is 0 Å².